The summed E-state index contributed by atoms with van der Waals surface area (Å²) in [5.74, 6) is -0.632. The SMILES string of the molecule is O=C(O)CC(C1CCCCC1)N(Cc1ccc(CP(=O)(O)O)cc1)C(=O)C1CC1. The molecule has 2 saturated carbocycles. The van der Waals surface area contributed by atoms with Gasteiger partial charge in [-0.3, -0.25) is 14.2 Å². The van der Waals surface area contributed by atoms with Crippen LogP contribution in [0, 0.1) is 11.8 Å². The molecule has 0 radical (unpaired) electrons. The maximum Gasteiger partial charge on any atom is 0.329 e. The molecule has 1 unspecified atom stereocenters. The number of carbonyl (C=O) groups is 2. The second-order valence-electron chi connectivity index (χ2n) is 8.44. The van der Waals surface area contributed by atoms with Crippen molar-refractivity contribution in [3.05, 3.63) is 35.4 Å². The van der Waals surface area contributed by atoms with Crippen LogP contribution in [0.3, 0.4) is 0 Å². The van der Waals surface area contributed by atoms with Gasteiger partial charge in [-0.25, -0.2) is 0 Å². The van der Waals surface area contributed by atoms with Crippen molar-refractivity contribution in [1.29, 1.82) is 0 Å². The predicted octanol–water partition coefficient (Wildman–Crippen LogP) is 3.53. The quantitative estimate of drug-likeness (QED) is 0.524. The second kappa shape index (κ2) is 9.41. The number of hydrogen-bond donors (Lipinski definition) is 3. The fraction of sp³-hybridized carbons (Fsp3) is 0.619. The first kappa shape index (κ1) is 22.0. The van der Waals surface area contributed by atoms with E-state index in [-0.39, 0.29) is 36.4 Å². The molecule has 2 aliphatic carbocycles. The molecule has 8 heteroatoms. The summed E-state index contributed by atoms with van der Waals surface area (Å²) >= 11 is 0. The molecule has 1 aromatic carbocycles. The van der Waals surface area contributed by atoms with Crippen molar-refractivity contribution in [2.45, 2.75) is 70.1 Å². The summed E-state index contributed by atoms with van der Waals surface area (Å²) in [5.41, 5.74) is 1.39. The Kier molecular flexibility index (Phi) is 7.14. The van der Waals surface area contributed by atoms with Gasteiger partial charge >= 0.3 is 13.6 Å². The van der Waals surface area contributed by atoms with Gasteiger partial charge in [0.05, 0.1) is 12.6 Å². The summed E-state index contributed by atoms with van der Waals surface area (Å²) in [5, 5.41) is 9.50. The van der Waals surface area contributed by atoms with Gasteiger partial charge in [-0.05, 0) is 42.7 Å². The van der Waals surface area contributed by atoms with E-state index in [0.717, 1.165) is 50.5 Å². The summed E-state index contributed by atoms with van der Waals surface area (Å²) in [7, 11) is -4.13. The van der Waals surface area contributed by atoms with Crippen LogP contribution in [-0.4, -0.2) is 37.7 Å². The predicted molar refractivity (Wildman–Crippen MR) is 108 cm³/mol. The zero-order valence-corrected chi connectivity index (χ0v) is 17.5. The average molecular weight is 423 g/mol. The van der Waals surface area contributed by atoms with Crippen LogP contribution in [0.1, 0.15) is 62.5 Å². The lowest BCUT2D eigenvalue weighted by molar-refractivity contribution is -0.143. The highest BCUT2D eigenvalue weighted by atomic mass is 31.2. The van der Waals surface area contributed by atoms with Crippen molar-refractivity contribution in [1.82, 2.24) is 4.90 Å². The molecule has 0 spiro atoms. The number of carboxylic acids is 1. The van der Waals surface area contributed by atoms with Gasteiger partial charge in [-0.1, -0.05) is 43.5 Å². The van der Waals surface area contributed by atoms with Gasteiger partial charge < -0.3 is 19.8 Å². The Hall–Kier alpha value is -1.69. The van der Waals surface area contributed by atoms with E-state index in [2.05, 4.69) is 0 Å². The van der Waals surface area contributed by atoms with Crippen LogP contribution in [0.15, 0.2) is 24.3 Å². The number of carbonyl (C=O) groups excluding carboxylic acids is 1. The Bertz CT molecular complexity index is 764. The molecule has 2 aliphatic rings. The summed E-state index contributed by atoms with van der Waals surface area (Å²) < 4.78 is 11.2. The number of nitrogens with zero attached hydrogens (tertiary/aromatic N) is 1. The Labute approximate surface area is 171 Å². The van der Waals surface area contributed by atoms with Crippen LogP contribution in [-0.2, 0) is 26.9 Å². The first-order valence-corrected chi connectivity index (χ1v) is 12.2. The van der Waals surface area contributed by atoms with E-state index in [1.54, 1.807) is 29.2 Å². The Morgan fingerprint density at radius 2 is 1.59 bits per heavy atom. The van der Waals surface area contributed by atoms with Crippen molar-refractivity contribution in [2.75, 3.05) is 0 Å². The van der Waals surface area contributed by atoms with Crippen LogP contribution in [0.2, 0.25) is 0 Å². The van der Waals surface area contributed by atoms with Crippen LogP contribution < -0.4 is 0 Å². The van der Waals surface area contributed by atoms with Crippen LogP contribution in [0.5, 0.6) is 0 Å². The van der Waals surface area contributed by atoms with Crippen LogP contribution in [0.25, 0.3) is 0 Å². The largest absolute Gasteiger partial charge is 0.481 e. The lowest BCUT2D eigenvalue weighted by Crippen LogP contribution is -2.46. The maximum absolute atomic E-state index is 13.1. The van der Waals surface area contributed by atoms with Crippen molar-refractivity contribution >= 4 is 19.5 Å². The zero-order chi connectivity index (χ0) is 21.0. The number of aliphatic carboxylic acids is 1. The number of hydrogen-bond acceptors (Lipinski definition) is 3. The average Bonchev–Trinajstić information content (AvgIpc) is 3.50. The van der Waals surface area contributed by atoms with E-state index in [9.17, 15) is 19.3 Å². The molecule has 0 heterocycles. The van der Waals surface area contributed by atoms with E-state index >= 15 is 0 Å². The third-order valence-electron chi connectivity index (χ3n) is 5.95. The van der Waals surface area contributed by atoms with Gasteiger partial charge in [0.25, 0.3) is 0 Å². The van der Waals surface area contributed by atoms with Gasteiger partial charge in [0.1, 0.15) is 0 Å². The maximum atomic E-state index is 13.1. The molecule has 29 heavy (non-hydrogen) atoms. The van der Waals surface area contributed by atoms with E-state index in [4.69, 9.17) is 9.79 Å². The van der Waals surface area contributed by atoms with E-state index in [1.807, 2.05) is 0 Å². The van der Waals surface area contributed by atoms with Gasteiger partial charge in [0.2, 0.25) is 5.91 Å². The zero-order valence-electron chi connectivity index (χ0n) is 16.6. The number of carboxylic acid groups (broad SMARTS) is 1. The Morgan fingerprint density at radius 1 is 1.00 bits per heavy atom. The lowest BCUT2D eigenvalue weighted by Gasteiger charge is -2.38. The highest BCUT2D eigenvalue weighted by Crippen LogP contribution is 2.39. The van der Waals surface area contributed by atoms with Crippen molar-refractivity contribution in [2.24, 2.45) is 11.8 Å². The summed E-state index contributed by atoms with van der Waals surface area (Å²) in [4.78, 5) is 44.7. The second-order valence-corrected chi connectivity index (χ2v) is 10.1. The van der Waals surface area contributed by atoms with Crippen LogP contribution >= 0.6 is 7.60 Å². The molecule has 1 atom stereocenters. The normalized spacial score (nSPS) is 19.0. The minimum Gasteiger partial charge on any atom is -0.481 e. The smallest absolute Gasteiger partial charge is 0.329 e. The van der Waals surface area contributed by atoms with Crippen molar-refractivity contribution < 1.29 is 29.0 Å². The molecule has 2 fully saturated rings. The first-order chi connectivity index (χ1) is 13.7. The summed E-state index contributed by atoms with van der Waals surface area (Å²) in [6.45, 7) is 0.333. The number of amides is 1. The minimum atomic E-state index is -4.13. The third-order valence-corrected chi connectivity index (χ3v) is 6.73. The Balaban J connectivity index is 1.80. The Morgan fingerprint density at radius 3 is 2.10 bits per heavy atom. The molecule has 3 rings (SSSR count). The molecule has 0 aliphatic heterocycles. The van der Waals surface area contributed by atoms with E-state index < -0.39 is 13.6 Å². The molecule has 1 aromatic rings. The van der Waals surface area contributed by atoms with Crippen LogP contribution in [0.4, 0.5) is 0 Å². The molecule has 160 valence electrons. The lowest BCUT2D eigenvalue weighted by atomic mass is 9.81. The van der Waals surface area contributed by atoms with Crippen molar-refractivity contribution in [3.8, 4) is 0 Å². The minimum absolute atomic E-state index is 0.00353. The molecule has 0 aromatic heterocycles. The van der Waals surface area contributed by atoms with Gasteiger partial charge in [0, 0.05) is 18.5 Å². The molecule has 1 amide bonds. The van der Waals surface area contributed by atoms with Gasteiger partial charge in [-0.2, -0.15) is 0 Å². The van der Waals surface area contributed by atoms with Gasteiger partial charge in [0.15, 0.2) is 0 Å². The number of benzene rings is 1. The molecule has 0 bridgehead atoms. The fourth-order valence-corrected chi connectivity index (χ4v) is 5.02. The highest BCUT2D eigenvalue weighted by molar-refractivity contribution is 7.50. The standard InChI is InChI=1S/C21H30NO6P/c23-20(24)12-19(17-4-2-1-3-5-17)22(21(25)18-10-11-18)13-15-6-8-16(9-7-15)14-29(26,27)28/h6-9,17-19H,1-5,10-14H2,(H,23,24)(H2,26,27,28). The topological polar surface area (TPSA) is 115 Å². The van der Waals surface area contributed by atoms with E-state index in [0.29, 0.717) is 12.1 Å². The van der Waals surface area contributed by atoms with Gasteiger partial charge in [-0.15, -0.1) is 0 Å². The summed E-state index contributed by atoms with van der Waals surface area (Å²) in [6, 6.07) is 6.58. The summed E-state index contributed by atoms with van der Waals surface area (Å²) in [6.07, 6.45) is 6.57. The monoisotopic (exact) mass is 423 g/mol. The first-order valence-electron chi connectivity index (χ1n) is 10.4. The molecular formula is C21H30NO6P. The highest BCUT2D eigenvalue weighted by Gasteiger charge is 2.39. The molecule has 3 N–H and O–H groups in total. The fourth-order valence-electron chi connectivity index (χ4n) is 4.34. The third kappa shape index (κ3) is 6.66. The van der Waals surface area contributed by atoms with Crippen molar-refractivity contribution in [3.63, 3.8) is 0 Å². The molecule has 7 nitrogen and oxygen atoms in total. The molecular weight excluding hydrogens is 393 g/mol. The number of rotatable bonds is 9. The van der Waals surface area contributed by atoms with E-state index in [1.165, 1.54) is 0 Å². The molecule has 0 saturated heterocycles.